The molecule has 2 N–H and O–H groups in total. The van der Waals surface area contributed by atoms with E-state index in [1.54, 1.807) is 53.1 Å². The lowest BCUT2D eigenvalue weighted by Gasteiger charge is -2.25. The molecule has 0 aliphatic heterocycles. The Hall–Kier alpha value is -2.58. The molecule has 0 atom stereocenters. The van der Waals surface area contributed by atoms with Crippen LogP contribution in [0.1, 0.15) is 26.3 Å². The van der Waals surface area contributed by atoms with Gasteiger partial charge in [0.25, 0.3) is 0 Å². The number of ether oxygens (including phenoxy) is 2. The molecule has 0 heterocycles. The first-order valence-electron chi connectivity index (χ1n) is 8.53. The summed E-state index contributed by atoms with van der Waals surface area (Å²) in [6.07, 6.45) is -0.412. The van der Waals surface area contributed by atoms with Crippen molar-refractivity contribution in [3.05, 3.63) is 29.8 Å². The van der Waals surface area contributed by atoms with E-state index >= 15 is 0 Å². The standard InChI is InChI=1S/C18H28F2N4O3/c1-18(2,3)27-17(25)24(5)11-10-22-16(21-4)23-12-13-8-6-7-9-14(13)26-15(19)20/h6-9,15H,10-12H2,1-5H3,(H2,21,22,23). The topological polar surface area (TPSA) is 75.2 Å². The zero-order valence-corrected chi connectivity index (χ0v) is 16.4. The van der Waals surface area contributed by atoms with Gasteiger partial charge in [-0.3, -0.25) is 4.99 Å². The van der Waals surface area contributed by atoms with Gasteiger partial charge in [-0.15, -0.1) is 0 Å². The van der Waals surface area contributed by atoms with Gasteiger partial charge in [0, 0.05) is 39.3 Å². The molecule has 0 aromatic heterocycles. The van der Waals surface area contributed by atoms with Crippen LogP contribution in [0.5, 0.6) is 5.75 Å². The van der Waals surface area contributed by atoms with Crippen molar-refractivity contribution in [1.29, 1.82) is 0 Å². The van der Waals surface area contributed by atoms with E-state index in [1.807, 2.05) is 0 Å². The largest absolute Gasteiger partial charge is 0.444 e. The van der Waals surface area contributed by atoms with Gasteiger partial charge in [-0.25, -0.2) is 4.79 Å². The Bertz CT molecular complexity index is 633. The van der Waals surface area contributed by atoms with E-state index in [4.69, 9.17) is 4.74 Å². The molecule has 0 fully saturated rings. The number of rotatable bonds is 7. The number of guanidine groups is 1. The highest BCUT2D eigenvalue weighted by Crippen LogP contribution is 2.19. The Labute approximate surface area is 158 Å². The number of amides is 1. The van der Waals surface area contributed by atoms with E-state index in [2.05, 4.69) is 20.4 Å². The minimum atomic E-state index is -2.88. The number of hydrogen-bond donors (Lipinski definition) is 2. The predicted molar refractivity (Wildman–Crippen MR) is 100 cm³/mol. The maximum Gasteiger partial charge on any atom is 0.410 e. The second kappa shape index (κ2) is 10.5. The first-order valence-corrected chi connectivity index (χ1v) is 8.53. The molecule has 0 saturated heterocycles. The molecule has 0 bridgehead atoms. The first-order chi connectivity index (χ1) is 12.6. The molecule has 152 valence electrons. The third-order valence-electron chi connectivity index (χ3n) is 3.30. The zero-order valence-electron chi connectivity index (χ0n) is 16.4. The van der Waals surface area contributed by atoms with Crippen molar-refractivity contribution >= 4 is 12.1 Å². The number of para-hydroxylation sites is 1. The van der Waals surface area contributed by atoms with Gasteiger partial charge in [0.05, 0.1) is 0 Å². The summed E-state index contributed by atoms with van der Waals surface area (Å²) < 4.78 is 34.7. The highest BCUT2D eigenvalue weighted by atomic mass is 19.3. The van der Waals surface area contributed by atoms with Gasteiger partial charge >= 0.3 is 12.7 Å². The van der Waals surface area contributed by atoms with Gasteiger partial charge in [-0.2, -0.15) is 8.78 Å². The number of alkyl halides is 2. The van der Waals surface area contributed by atoms with Gasteiger partial charge in [-0.05, 0) is 26.8 Å². The van der Waals surface area contributed by atoms with Crippen LogP contribution in [0.2, 0.25) is 0 Å². The van der Waals surface area contributed by atoms with Crippen molar-refractivity contribution in [1.82, 2.24) is 15.5 Å². The Morgan fingerprint density at radius 1 is 1.26 bits per heavy atom. The number of nitrogens with one attached hydrogen (secondary N) is 2. The van der Waals surface area contributed by atoms with E-state index in [9.17, 15) is 13.6 Å². The SMILES string of the molecule is CN=C(NCCN(C)C(=O)OC(C)(C)C)NCc1ccccc1OC(F)F. The molecule has 1 aromatic rings. The molecule has 1 aromatic carbocycles. The second-order valence-corrected chi connectivity index (χ2v) is 6.74. The lowest BCUT2D eigenvalue weighted by atomic mass is 10.2. The Morgan fingerprint density at radius 2 is 1.93 bits per heavy atom. The minimum absolute atomic E-state index is 0.111. The van der Waals surface area contributed by atoms with E-state index in [0.717, 1.165) is 0 Å². The predicted octanol–water partition coefficient (Wildman–Crippen LogP) is 2.82. The summed E-state index contributed by atoms with van der Waals surface area (Å²) in [6.45, 7) is 3.62. The molecule has 0 unspecified atom stereocenters. The first kappa shape index (κ1) is 22.5. The minimum Gasteiger partial charge on any atom is -0.444 e. The van der Waals surface area contributed by atoms with Gasteiger partial charge in [0.15, 0.2) is 5.96 Å². The number of nitrogens with zero attached hydrogens (tertiary/aromatic N) is 2. The number of aliphatic imine (C=N–C) groups is 1. The average molecular weight is 386 g/mol. The van der Waals surface area contributed by atoms with Crippen LogP contribution in [-0.2, 0) is 11.3 Å². The molecular formula is C18H28F2N4O3. The maximum atomic E-state index is 12.5. The van der Waals surface area contributed by atoms with Crippen LogP contribution < -0.4 is 15.4 Å². The van der Waals surface area contributed by atoms with Gasteiger partial charge in [0.2, 0.25) is 0 Å². The van der Waals surface area contributed by atoms with Crippen molar-refractivity contribution in [3.8, 4) is 5.75 Å². The summed E-state index contributed by atoms with van der Waals surface area (Å²) in [4.78, 5) is 17.4. The molecular weight excluding hydrogens is 358 g/mol. The van der Waals surface area contributed by atoms with Crippen LogP contribution in [0, 0.1) is 0 Å². The number of hydrogen-bond acceptors (Lipinski definition) is 4. The maximum absolute atomic E-state index is 12.5. The van der Waals surface area contributed by atoms with Crippen LogP contribution in [0.15, 0.2) is 29.3 Å². The van der Waals surface area contributed by atoms with Gasteiger partial charge < -0.3 is 25.0 Å². The molecule has 0 aliphatic rings. The third kappa shape index (κ3) is 9.07. The van der Waals surface area contributed by atoms with Gasteiger partial charge in [-0.1, -0.05) is 18.2 Å². The summed E-state index contributed by atoms with van der Waals surface area (Å²) in [5.41, 5.74) is 0.0240. The van der Waals surface area contributed by atoms with Crippen LogP contribution in [-0.4, -0.2) is 56.4 Å². The highest BCUT2D eigenvalue weighted by Gasteiger charge is 2.19. The average Bonchev–Trinajstić information content (AvgIpc) is 2.56. The quantitative estimate of drug-likeness (QED) is 0.557. The van der Waals surface area contributed by atoms with Crippen molar-refractivity contribution in [2.24, 2.45) is 4.99 Å². The second-order valence-electron chi connectivity index (χ2n) is 6.74. The molecule has 0 spiro atoms. The number of carbonyl (C=O) groups excluding carboxylic acids is 1. The molecule has 7 nitrogen and oxygen atoms in total. The lowest BCUT2D eigenvalue weighted by molar-refractivity contribution is -0.0504. The monoisotopic (exact) mass is 386 g/mol. The fourth-order valence-electron chi connectivity index (χ4n) is 2.03. The Balaban J connectivity index is 2.47. The third-order valence-corrected chi connectivity index (χ3v) is 3.30. The molecule has 0 aliphatic carbocycles. The number of benzene rings is 1. The van der Waals surface area contributed by atoms with Crippen molar-refractivity contribution in [2.45, 2.75) is 39.5 Å². The van der Waals surface area contributed by atoms with E-state index < -0.39 is 18.3 Å². The van der Waals surface area contributed by atoms with Gasteiger partial charge in [0.1, 0.15) is 11.4 Å². The summed E-state index contributed by atoms with van der Waals surface area (Å²) in [7, 11) is 3.23. The van der Waals surface area contributed by atoms with E-state index in [-0.39, 0.29) is 12.3 Å². The van der Waals surface area contributed by atoms with E-state index in [0.29, 0.717) is 24.6 Å². The van der Waals surface area contributed by atoms with E-state index in [1.165, 1.54) is 11.0 Å². The molecule has 0 saturated carbocycles. The molecule has 0 radical (unpaired) electrons. The molecule has 1 amide bonds. The summed E-state index contributed by atoms with van der Waals surface area (Å²) in [6, 6.07) is 6.53. The fourth-order valence-corrected chi connectivity index (χ4v) is 2.03. The molecule has 27 heavy (non-hydrogen) atoms. The lowest BCUT2D eigenvalue weighted by Crippen LogP contribution is -2.42. The Morgan fingerprint density at radius 3 is 2.52 bits per heavy atom. The zero-order chi connectivity index (χ0) is 20.4. The number of carbonyl (C=O) groups is 1. The smallest absolute Gasteiger partial charge is 0.410 e. The summed E-state index contributed by atoms with van der Waals surface area (Å²) >= 11 is 0. The molecule has 9 heteroatoms. The van der Waals surface area contributed by atoms with Crippen LogP contribution in [0.25, 0.3) is 0 Å². The van der Waals surface area contributed by atoms with Crippen LogP contribution in [0.3, 0.4) is 0 Å². The summed E-state index contributed by atoms with van der Waals surface area (Å²) in [5, 5.41) is 6.07. The normalized spacial score (nSPS) is 11.9. The molecule has 1 rings (SSSR count). The van der Waals surface area contributed by atoms with Crippen LogP contribution >= 0.6 is 0 Å². The fraction of sp³-hybridized carbons (Fsp3) is 0.556. The van der Waals surface area contributed by atoms with Crippen molar-refractivity contribution in [3.63, 3.8) is 0 Å². The number of likely N-dealkylation sites (N-methyl/N-ethyl adjacent to an activating group) is 1. The highest BCUT2D eigenvalue weighted by molar-refractivity contribution is 5.79. The van der Waals surface area contributed by atoms with Crippen molar-refractivity contribution in [2.75, 3.05) is 27.2 Å². The Kier molecular flexibility index (Phi) is 8.77. The van der Waals surface area contributed by atoms with Crippen molar-refractivity contribution < 1.29 is 23.0 Å². The number of halogens is 2. The van der Waals surface area contributed by atoms with Crippen LogP contribution in [0.4, 0.5) is 13.6 Å². The summed E-state index contributed by atoms with van der Waals surface area (Å²) in [5.74, 6) is 0.583.